The standard InChI is InChI=1S/C16H16BrClN2O/c1-11(12-2-4-13(17)5-3-12)19-10-16(21)20-15-8-6-14(18)7-9-15/h2-9,11,19H,10H2,1H3,(H,20,21). The first kappa shape index (κ1) is 16.0. The van der Waals surface area contributed by atoms with Crippen molar-refractivity contribution in [1.82, 2.24) is 5.32 Å². The summed E-state index contributed by atoms with van der Waals surface area (Å²) < 4.78 is 1.04. The highest BCUT2D eigenvalue weighted by Crippen LogP contribution is 2.16. The van der Waals surface area contributed by atoms with Gasteiger partial charge in [0.2, 0.25) is 5.91 Å². The minimum atomic E-state index is -0.0821. The Labute approximate surface area is 137 Å². The Hall–Kier alpha value is -1.36. The molecule has 1 amide bonds. The van der Waals surface area contributed by atoms with Crippen molar-refractivity contribution in [2.45, 2.75) is 13.0 Å². The van der Waals surface area contributed by atoms with Crippen LogP contribution in [0.3, 0.4) is 0 Å². The molecule has 3 nitrogen and oxygen atoms in total. The van der Waals surface area contributed by atoms with Gasteiger partial charge in [0.25, 0.3) is 0 Å². The molecule has 2 N–H and O–H groups in total. The molecule has 1 atom stereocenters. The first-order valence-electron chi connectivity index (χ1n) is 6.59. The van der Waals surface area contributed by atoms with Crippen molar-refractivity contribution in [1.29, 1.82) is 0 Å². The van der Waals surface area contributed by atoms with Crippen molar-refractivity contribution in [2.75, 3.05) is 11.9 Å². The summed E-state index contributed by atoms with van der Waals surface area (Å²) in [6.45, 7) is 2.28. The Bertz CT molecular complexity index is 599. The molecule has 0 aliphatic rings. The summed E-state index contributed by atoms with van der Waals surface area (Å²) in [7, 11) is 0. The largest absolute Gasteiger partial charge is 0.325 e. The van der Waals surface area contributed by atoms with Gasteiger partial charge in [-0.25, -0.2) is 0 Å². The topological polar surface area (TPSA) is 41.1 Å². The highest BCUT2D eigenvalue weighted by Gasteiger charge is 2.08. The lowest BCUT2D eigenvalue weighted by Crippen LogP contribution is -2.30. The fourth-order valence-corrected chi connectivity index (χ4v) is 2.24. The molecule has 0 heterocycles. The van der Waals surface area contributed by atoms with E-state index in [1.165, 1.54) is 0 Å². The van der Waals surface area contributed by atoms with E-state index in [-0.39, 0.29) is 18.5 Å². The van der Waals surface area contributed by atoms with Crippen molar-refractivity contribution in [3.8, 4) is 0 Å². The van der Waals surface area contributed by atoms with E-state index in [0.717, 1.165) is 15.7 Å². The van der Waals surface area contributed by atoms with Gasteiger partial charge in [0.05, 0.1) is 6.54 Å². The van der Waals surface area contributed by atoms with Gasteiger partial charge in [-0.1, -0.05) is 39.7 Å². The van der Waals surface area contributed by atoms with Gasteiger partial charge in [0.1, 0.15) is 0 Å². The van der Waals surface area contributed by atoms with Crippen LogP contribution in [0.1, 0.15) is 18.5 Å². The second kappa shape index (κ2) is 7.59. The van der Waals surface area contributed by atoms with Crippen LogP contribution in [0.25, 0.3) is 0 Å². The number of amides is 1. The number of hydrogen-bond donors (Lipinski definition) is 2. The van der Waals surface area contributed by atoms with Gasteiger partial charge in [-0.05, 0) is 48.9 Å². The highest BCUT2D eigenvalue weighted by molar-refractivity contribution is 9.10. The molecule has 0 saturated heterocycles. The Morgan fingerprint density at radius 3 is 2.38 bits per heavy atom. The third-order valence-electron chi connectivity index (χ3n) is 3.07. The Kier molecular flexibility index (Phi) is 5.79. The summed E-state index contributed by atoms with van der Waals surface area (Å²) in [5.41, 5.74) is 1.87. The van der Waals surface area contributed by atoms with Crippen molar-refractivity contribution < 1.29 is 4.79 Å². The predicted octanol–water partition coefficient (Wildman–Crippen LogP) is 4.39. The van der Waals surface area contributed by atoms with Gasteiger partial charge in [-0.3, -0.25) is 4.79 Å². The number of nitrogens with one attached hydrogen (secondary N) is 2. The molecule has 5 heteroatoms. The monoisotopic (exact) mass is 366 g/mol. The van der Waals surface area contributed by atoms with Crippen LogP contribution in [0, 0.1) is 0 Å². The summed E-state index contributed by atoms with van der Waals surface area (Å²) in [5.74, 6) is -0.0821. The highest BCUT2D eigenvalue weighted by atomic mass is 79.9. The second-order valence-corrected chi connectivity index (χ2v) is 6.06. The minimum Gasteiger partial charge on any atom is -0.325 e. The van der Waals surface area contributed by atoms with Crippen molar-refractivity contribution >= 4 is 39.1 Å². The molecule has 0 aromatic heterocycles. The van der Waals surface area contributed by atoms with E-state index in [1.54, 1.807) is 24.3 Å². The zero-order valence-corrected chi connectivity index (χ0v) is 13.9. The van der Waals surface area contributed by atoms with Crippen LogP contribution in [0.15, 0.2) is 53.0 Å². The number of hydrogen-bond acceptors (Lipinski definition) is 2. The van der Waals surface area contributed by atoms with Crippen LogP contribution in [-0.2, 0) is 4.79 Å². The molecule has 21 heavy (non-hydrogen) atoms. The third-order valence-corrected chi connectivity index (χ3v) is 3.85. The van der Waals surface area contributed by atoms with E-state index < -0.39 is 0 Å². The van der Waals surface area contributed by atoms with Crippen LogP contribution >= 0.6 is 27.5 Å². The average Bonchev–Trinajstić information content (AvgIpc) is 2.48. The van der Waals surface area contributed by atoms with Crippen LogP contribution in [0.4, 0.5) is 5.69 Å². The van der Waals surface area contributed by atoms with E-state index >= 15 is 0 Å². The van der Waals surface area contributed by atoms with Crippen LogP contribution in [0.5, 0.6) is 0 Å². The maximum Gasteiger partial charge on any atom is 0.238 e. The smallest absolute Gasteiger partial charge is 0.238 e. The van der Waals surface area contributed by atoms with Crippen LogP contribution in [-0.4, -0.2) is 12.5 Å². The molecule has 0 bridgehead atoms. The van der Waals surface area contributed by atoms with Crippen LogP contribution < -0.4 is 10.6 Å². The minimum absolute atomic E-state index is 0.0821. The molecule has 0 fully saturated rings. The zero-order valence-electron chi connectivity index (χ0n) is 11.6. The lowest BCUT2D eigenvalue weighted by molar-refractivity contribution is -0.115. The molecular formula is C16H16BrClN2O. The van der Waals surface area contributed by atoms with E-state index in [2.05, 4.69) is 26.6 Å². The summed E-state index contributed by atoms with van der Waals surface area (Å²) in [5, 5.41) is 6.66. The SMILES string of the molecule is CC(NCC(=O)Nc1ccc(Cl)cc1)c1ccc(Br)cc1. The number of rotatable bonds is 5. The molecule has 2 rings (SSSR count). The van der Waals surface area contributed by atoms with E-state index in [9.17, 15) is 4.79 Å². The first-order valence-corrected chi connectivity index (χ1v) is 7.76. The fraction of sp³-hybridized carbons (Fsp3) is 0.188. The maximum atomic E-state index is 11.9. The number of carbonyl (C=O) groups excluding carboxylic acids is 1. The van der Waals surface area contributed by atoms with Gasteiger partial charge < -0.3 is 10.6 Å². The summed E-state index contributed by atoms with van der Waals surface area (Å²) >= 11 is 9.21. The number of carbonyl (C=O) groups is 1. The zero-order chi connectivity index (χ0) is 15.2. The van der Waals surface area contributed by atoms with Crippen LogP contribution in [0.2, 0.25) is 5.02 Å². The quantitative estimate of drug-likeness (QED) is 0.823. The first-order chi connectivity index (χ1) is 10.0. The lowest BCUT2D eigenvalue weighted by Gasteiger charge is -2.14. The van der Waals surface area contributed by atoms with Gasteiger partial charge in [-0.15, -0.1) is 0 Å². The molecule has 0 spiro atoms. The van der Waals surface area contributed by atoms with Crippen molar-refractivity contribution in [3.05, 3.63) is 63.6 Å². The third kappa shape index (κ3) is 5.16. The Balaban J connectivity index is 1.83. The normalized spacial score (nSPS) is 12.0. The van der Waals surface area contributed by atoms with Crippen molar-refractivity contribution in [2.24, 2.45) is 0 Å². The molecule has 0 saturated carbocycles. The molecule has 0 aliphatic carbocycles. The fourth-order valence-electron chi connectivity index (χ4n) is 1.85. The lowest BCUT2D eigenvalue weighted by atomic mass is 10.1. The number of benzene rings is 2. The van der Waals surface area contributed by atoms with Gasteiger partial charge in [0.15, 0.2) is 0 Å². The second-order valence-electron chi connectivity index (χ2n) is 4.71. The Morgan fingerprint density at radius 2 is 1.76 bits per heavy atom. The van der Waals surface area contributed by atoms with E-state index in [4.69, 9.17) is 11.6 Å². The molecular weight excluding hydrogens is 352 g/mol. The molecule has 0 aliphatic heterocycles. The molecule has 2 aromatic carbocycles. The summed E-state index contributed by atoms with van der Waals surface area (Å²) in [4.78, 5) is 11.9. The van der Waals surface area contributed by atoms with Gasteiger partial charge in [-0.2, -0.15) is 0 Å². The number of anilines is 1. The van der Waals surface area contributed by atoms with Gasteiger partial charge >= 0.3 is 0 Å². The molecule has 0 radical (unpaired) electrons. The van der Waals surface area contributed by atoms with Gasteiger partial charge in [0, 0.05) is 21.2 Å². The molecule has 110 valence electrons. The average molecular weight is 368 g/mol. The summed E-state index contributed by atoms with van der Waals surface area (Å²) in [6, 6.07) is 15.2. The summed E-state index contributed by atoms with van der Waals surface area (Å²) in [6.07, 6.45) is 0. The number of halogens is 2. The molecule has 2 aromatic rings. The van der Waals surface area contributed by atoms with Crippen molar-refractivity contribution in [3.63, 3.8) is 0 Å². The molecule has 1 unspecified atom stereocenters. The van der Waals surface area contributed by atoms with E-state index in [0.29, 0.717) is 5.02 Å². The predicted molar refractivity (Wildman–Crippen MR) is 90.6 cm³/mol. The Morgan fingerprint density at radius 1 is 1.14 bits per heavy atom. The van der Waals surface area contributed by atoms with E-state index in [1.807, 2.05) is 31.2 Å². The maximum absolute atomic E-state index is 11.9.